The molecule has 2 aromatic rings. The zero-order valence-electron chi connectivity index (χ0n) is 11.6. The van der Waals surface area contributed by atoms with Crippen LogP contribution in [0.25, 0.3) is 0 Å². The highest BCUT2D eigenvalue weighted by molar-refractivity contribution is 9.08. The molecule has 0 saturated heterocycles. The standard InChI is InChI=1S/C14H18BrN3O2/c1-19-9-8-18-12(10-15)16-17-14(18)13(20-2)11-6-4-3-5-7-11/h3-7,13H,8-10H2,1-2H3. The van der Waals surface area contributed by atoms with Crippen molar-refractivity contribution in [3.63, 3.8) is 0 Å². The van der Waals surface area contributed by atoms with Crippen molar-refractivity contribution in [2.75, 3.05) is 20.8 Å². The lowest BCUT2D eigenvalue weighted by molar-refractivity contribution is 0.121. The first-order chi connectivity index (χ1) is 9.81. The van der Waals surface area contributed by atoms with E-state index >= 15 is 0 Å². The van der Waals surface area contributed by atoms with Gasteiger partial charge in [0.2, 0.25) is 0 Å². The first-order valence-electron chi connectivity index (χ1n) is 6.36. The molecule has 0 N–H and O–H groups in total. The minimum Gasteiger partial charge on any atom is -0.383 e. The van der Waals surface area contributed by atoms with Crippen molar-refractivity contribution in [1.82, 2.24) is 14.8 Å². The molecule has 0 saturated carbocycles. The molecule has 0 aliphatic heterocycles. The Balaban J connectivity index is 2.36. The van der Waals surface area contributed by atoms with E-state index < -0.39 is 0 Å². The first kappa shape index (κ1) is 15.2. The van der Waals surface area contributed by atoms with Gasteiger partial charge in [-0.1, -0.05) is 46.3 Å². The van der Waals surface area contributed by atoms with Crippen LogP contribution < -0.4 is 0 Å². The molecule has 0 bridgehead atoms. The minimum absolute atomic E-state index is 0.228. The summed E-state index contributed by atoms with van der Waals surface area (Å²) < 4.78 is 12.8. The molecule has 1 heterocycles. The van der Waals surface area contributed by atoms with Crippen molar-refractivity contribution in [3.8, 4) is 0 Å². The van der Waals surface area contributed by atoms with Crippen molar-refractivity contribution < 1.29 is 9.47 Å². The second-order valence-corrected chi connectivity index (χ2v) is 4.84. The highest BCUT2D eigenvalue weighted by atomic mass is 79.9. The summed E-state index contributed by atoms with van der Waals surface area (Å²) in [4.78, 5) is 0. The average Bonchev–Trinajstić information content (AvgIpc) is 2.90. The van der Waals surface area contributed by atoms with Gasteiger partial charge in [-0.2, -0.15) is 0 Å². The average molecular weight is 340 g/mol. The Morgan fingerprint density at radius 3 is 2.55 bits per heavy atom. The Morgan fingerprint density at radius 2 is 1.95 bits per heavy atom. The lowest BCUT2D eigenvalue weighted by atomic mass is 10.1. The van der Waals surface area contributed by atoms with Gasteiger partial charge in [0.15, 0.2) is 5.82 Å². The largest absolute Gasteiger partial charge is 0.383 e. The number of rotatable bonds is 7. The van der Waals surface area contributed by atoms with Crippen LogP contribution in [0.1, 0.15) is 23.3 Å². The molecule has 0 aliphatic rings. The molecule has 1 aromatic carbocycles. The Hall–Kier alpha value is -1.24. The molecule has 0 amide bonds. The Labute approximate surface area is 127 Å². The SMILES string of the molecule is COCCn1c(CBr)nnc1C(OC)c1ccccc1. The topological polar surface area (TPSA) is 49.2 Å². The van der Waals surface area contributed by atoms with Crippen LogP contribution in [0.5, 0.6) is 0 Å². The number of hydrogen-bond acceptors (Lipinski definition) is 4. The van der Waals surface area contributed by atoms with Crippen molar-refractivity contribution in [1.29, 1.82) is 0 Å². The fraction of sp³-hybridized carbons (Fsp3) is 0.429. The molecule has 20 heavy (non-hydrogen) atoms. The van der Waals surface area contributed by atoms with Gasteiger partial charge in [-0.15, -0.1) is 10.2 Å². The second-order valence-electron chi connectivity index (χ2n) is 4.28. The van der Waals surface area contributed by atoms with Crippen LogP contribution in [0, 0.1) is 0 Å². The second kappa shape index (κ2) is 7.52. The summed E-state index contributed by atoms with van der Waals surface area (Å²) in [7, 11) is 3.36. The summed E-state index contributed by atoms with van der Waals surface area (Å²) in [5, 5.41) is 9.15. The van der Waals surface area contributed by atoms with E-state index in [2.05, 4.69) is 26.1 Å². The van der Waals surface area contributed by atoms with E-state index in [1.165, 1.54) is 0 Å². The molecule has 5 nitrogen and oxygen atoms in total. The Morgan fingerprint density at radius 1 is 1.20 bits per heavy atom. The van der Waals surface area contributed by atoms with Crippen molar-refractivity contribution in [3.05, 3.63) is 47.5 Å². The van der Waals surface area contributed by atoms with E-state index in [-0.39, 0.29) is 6.10 Å². The van der Waals surface area contributed by atoms with Gasteiger partial charge in [-0.3, -0.25) is 0 Å². The molecule has 108 valence electrons. The summed E-state index contributed by atoms with van der Waals surface area (Å²) in [6.45, 7) is 1.31. The maximum absolute atomic E-state index is 5.62. The minimum atomic E-state index is -0.228. The van der Waals surface area contributed by atoms with Crippen LogP contribution in [-0.4, -0.2) is 35.6 Å². The number of aromatic nitrogens is 3. The lowest BCUT2D eigenvalue weighted by Crippen LogP contribution is -2.16. The van der Waals surface area contributed by atoms with E-state index in [9.17, 15) is 0 Å². The monoisotopic (exact) mass is 339 g/mol. The van der Waals surface area contributed by atoms with E-state index in [0.717, 1.165) is 17.2 Å². The van der Waals surface area contributed by atoms with E-state index in [0.29, 0.717) is 18.5 Å². The number of benzene rings is 1. The number of nitrogens with zero attached hydrogens (tertiary/aromatic N) is 3. The summed E-state index contributed by atoms with van der Waals surface area (Å²) in [6, 6.07) is 10.0. The number of ether oxygens (including phenoxy) is 2. The third-order valence-electron chi connectivity index (χ3n) is 3.07. The number of alkyl halides is 1. The molecule has 0 aliphatic carbocycles. The zero-order chi connectivity index (χ0) is 14.4. The number of hydrogen-bond donors (Lipinski definition) is 0. The molecule has 1 atom stereocenters. The molecule has 2 rings (SSSR count). The van der Waals surface area contributed by atoms with Crippen LogP contribution in [0.15, 0.2) is 30.3 Å². The predicted molar refractivity (Wildman–Crippen MR) is 79.8 cm³/mol. The van der Waals surface area contributed by atoms with Gasteiger partial charge in [0.25, 0.3) is 0 Å². The lowest BCUT2D eigenvalue weighted by Gasteiger charge is -2.17. The predicted octanol–water partition coefficient (Wildman–Crippen LogP) is 2.56. The van der Waals surface area contributed by atoms with Gasteiger partial charge >= 0.3 is 0 Å². The normalized spacial score (nSPS) is 12.6. The molecule has 0 fully saturated rings. The molecule has 6 heteroatoms. The van der Waals surface area contributed by atoms with Gasteiger partial charge in [0, 0.05) is 20.8 Å². The van der Waals surface area contributed by atoms with E-state index in [1.807, 2.05) is 34.9 Å². The fourth-order valence-corrected chi connectivity index (χ4v) is 2.50. The van der Waals surface area contributed by atoms with Crippen LogP contribution >= 0.6 is 15.9 Å². The zero-order valence-corrected chi connectivity index (χ0v) is 13.2. The number of methoxy groups -OCH3 is 2. The van der Waals surface area contributed by atoms with Gasteiger partial charge in [0.1, 0.15) is 11.9 Å². The molecular weight excluding hydrogens is 322 g/mol. The summed E-state index contributed by atoms with van der Waals surface area (Å²) in [5.74, 6) is 1.67. The summed E-state index contributed by atoms with van der Waals surface area (Å²) in [5.41, 5.74) is 1.06. The van der Waals surface area contributed by atoms with Gasteiger partial charge in [-0.05, 0) is 5.56 Å². The maximum Gasteiger partial charge on any atom is 0.166 e. The van der Waals surface area contributed by atoms with Crippen molar-refractivity contribution in [2.24, 2.45) is 0 Å². The molecule has 0 spiro atoms. The Kier molecular flexibility index (Phi) is 5.70. The maximum atomic E-state index is 5.62. The van der Waals surface area contributed by atoms with Crippen molar-refractivity contribution in [2.45, 2.75) is 18.0 Å². The smallest absolute Gasteiger partial charge is 0.166 e. The fourth-order valence-electron chi connectivity index (χ4n) is 2.09. The Bertz CT molecular complexity index is 530. The summed E-state index contributed by atoms with van der Waals surface area (Å²) in [6.07, 6.45) is -0.228. The van der Waals surface area contributed by atoms with E-state index in [4.69, 9.17) is 9.47 Å². The highest BCUT2D eigenvalue weighted by Gasteiger charge is 2.22. The first-order valence-corrected chi connectivity index (χ1v) is 7.48. The third kappa shape index (κ3) is 3.26. The van der Waals surface area contributed by atoms with Crippen LogP contribution in [0.4, 0.5) is 0 Å². The molecule has 1 unspecified atom stereocenters. The number of halogens is 1. The molecule has 0 radical (unpaired) electrons. The van der Waals surface area contributed by atoms with Gasteiger partial charge in [-0.25, -0.2) is 0 Å². The third-order valence-corrected chi connectivity index (χ3v) is 3.57. The van der Waals surface area contributed by atoms with Gasteiger partial charge < -0.3 is 14.0 Å². The van der Waals surface area contributed by atoms with Crippen LogP contribution in [-0.2, 0) is 21.3 Å². The van der Waals surface area contributed by atoms with Crippen molar-refractivity contribution >= 4 is 15.9 Å². The summed E-state index contributed by atoms with van der Waals surface area (Å²) >= 11 is 3.44. The quantitative estimate of drug-likeness (QED) is 0.727. The molecule has 1 aromatic heterocycles. The van der Waals surface area contributed by atoms with Crippen LogP contribution in [0.3, 0.4) is 0 Å². The van der Waals surface area contributed by atoms with E-state index in [1.54, 1.807) is 14.2 Å². The van der Waals surface area contributed by atoms with Crippen LogP contribution in [0.2, 0.25) is 0 Å². The highest BCUT2D eigenvalue weighted by Crippen LogP contribution is 2.24. The van der Waals surface area contributed by atoms with Gasteiger partial charge in [0.05, 0.1) is 11.9 Å². The molecular formula is C14H18BrN3O2.